The summed E-state index contributed by atoms with van der Waals surface area (Å²) in [4.78, 5) is 14.4. The van der Waals surface area contributed by atoms with Gasteiger partial charge in [-0.05, 0) is 52.6 Å². The van der Waals surface area contributed by atoms with Crippen molar-refractivity contribution in [2.45, 2.75) is 6.92 Å². The number of rotatable bonds is 4. The molecule has 2 aromatic carbocycles. The molecule has 4 heteroatoms. The first-order chi connectivity index (χ1) is 11.8. The van der Waals surface area contributed by atoms with Gasteiger partial charge in [0.05, 0.1) is 11.2 Å². The first-order valence-electron chi connectivity index (χ1n) is 7.72. The number of aromatic amines is 1. The Morgan fingerprint density at radius 3 is 2.58 bits per heavy atom. The third-order valence-corrected chi connectivity index (χ3v) is 4.89. The van der Waals surface area contributed by atoms with E-state index in [2.05, 4.69) is 70.4 Å². The Balaban J connectivity index is 1.95. The predicted molar refractivity (Wildman–Crippen MR) is 101 cm³/mol. The highest BCUT2D eigenvalue weighted by Gasteiger charge is 2.12. The van der Waals surface area contributed by atoms with Crippen LogP contribution in [0.3, 0.4) is 0 Å². The van der Waals surface area contributed by atoms with E-state index in [1.807, 2.05) is 6.07 Å². The lowest BCUT2D eigenvalue weighted by Gasteiger charge is -2.05. The number of hydrogen-bond acceptors (Lipinski definition) is 2. The van der Waals surface area contributed by atoms with E-state index in [1.165, 1.54) is 11.1 Å². The van der Waals surface area contributed by atoms with Crippen molar-refractivity contribution in [2.24, 2.45) is 0 Å². The van der Waals surface area contributed by atoms with Crippen molar-refractivity contribution in [1.82, 2.24) is 4.98 Å². The van der Waals surface area contributed by atoms with Gasteiger partial charge in [-0.15, -0.1) is 0 Å². The lowest BCUT2D eigenvalue weighted by molar-refractivity contribution is -0.105. The molecule has 0 aliphatic rings. The summed E-state index contributed by atoms with van der Waals surface area (Å²) >= 11 is 1.68. The zero-order valence-electron chi connectivity index (χ0n) is 13.2. The van der Waals surface area contributed by atoms with Gasteiger partial charge < -0.3 is 10.3 Å². The summed E-state index contributed by atoms with van der Waals surface area (Å²) in [7, 11) is 0. The zero-order chi connectivity index (χ0) is 16.5. The molecule has 0 spiro atoms. The largest absolute Gasteiger partial charge is 0.353 e. The molecule has 0 saturated carbocycles. The first kappa shape index (κ1) is 14.7. The van der Waals surface area contributed by atoms with Crippen LogP contribution in [-0.4, -0.2) is 11.4 Å². The lowest BCUT2D eigenvalue weighted by atomic mass is 10.0. The van der Waals surface area contributed by atoms with Gasteiger partial charge in [-0.3, -0.25) is 4.79 Å². The summed E-state index contributed by atoms with van der Waals surface area (Å²) in [6, 6.07) is 16.7. The molecule has 0 saturated heterocycles. The molecule has 0 radical (unpaired) electrons. The number of benzene rings is 2. The molecule has 2 N–H and O–H groups in total. The van der Waals surface area contributed by atoms with Gasteiger partial charge in [-0.1, -0.05) is 35.9 Å². The minimum atomic E-state index is 0.714. The summed E-state index contributed by atoms with van der Waals surface area (Å²) in [5, 5.41) is 8.11. The molecule has 2 aromatic heterocycles. The molecule has 3 nitrogen and oxygen atoms in total. The van der Waals surface area contributed by atoms with Gasteiger partial charge in [0.25, 0.3) is 0 Å². The van der Waals surface area contributed by atoms with Crippen molar-refractivity contribution in [2.75, 3.05) is 5.32 Å². The fraction of sp³-hybridized carbons (Fsp3) is 0.0500. The minimum Gasteiger partial charge on any atom is -0.353 e. The molecule has 24 heavy (non-hydrogen) atoms. The van der Waals surface area contributed by atoms with E-state index >= 15 is 0 Å². The maximum absolute atomic E-state index is 10.9. The van der Waals surface area contributed by atoms with Crippen LogP contribution >= 0.6 is 11.3 Å². The molecule has 4 rings (SSSR count). The van der Waals surface area contributed by atoms with E-state index in [4.69, 9.17) is 0 Å². The van der Waals surface area contributed by atoms with Crippen LogP contribution in [0.1, 0.15) is 5.56 Å². The molecular formula is C20H16N2OS. The van der Waals surface area contributed by atoms with E-state index in [9.17, 15) is 4.79 Å². The highest BCUT2D eigenvalue weighted by Crippen LogP contribution is 2.36. The van der Waals surface area contributed by atoms with Crippen LogP contribution in [0.25, 0.3) is 33.3 Å². The molecule has 0 unspecified atom stereocenters. The molecule has 1 amide bonds. The molecule has 0 bridgehead atoms. The quantitative estimate of drug-likeness (QED) is 0.480. The van der Waals surface area contributed by atoms with Crippen LogP contribution in [0.5, 0.6) is 0 Å². The SMILES string of the molecule is Cc1ccc(-c2cc3c(-c4ccsc4)ccc(NC=O)c3[nH]2)cc1. The van der Waals surface area contributed by atoms with Crippen LogP contribution in [0.4, 0.5) is 5.69 Å². The Bertz CT molecular complexity index is 998. The number of hydrogen-bond donors (Lipinski definition) is 2. The monoisotopic (exact) mass is 332 g/mol. The molecule has 4 aromatic rings. The fourth-order valence-corrected chi connectivity index (χ4v) is 3.62. The standard InChI is InChI=1S/C20H16N2OS/c1-13-2-4-14(5-3-13)19-10-17-16(15-8-9-24-11-15)6-7-18(21-12-23)20(17)22-19/h2-12,22H,1H3,(H,21,23). The number of nitrogens with one attached hydrogen (secondary N) is 2. The van der Waals surface area contributed by atoms with E-state index in [-0.39, 0.29) is 0 Å². The maximum Gasteiger partial charge on any atom is 0.211 e. The number of thiophene rings is 1. The number of fused-ring (bicyclic) bond motifs is 1. The normalized spacial score (nSPS) is 10.9. The number of amides is 1. The fourth-order valence-electron chi connectivity index (χ4n) is 2.96. The second-order valence-corrected chi connectivity index (χ2v) is 6.55. The lowest BCUT2D eigenvalue weighted by Crippen LogP contribution is -1.94. The molecule has 118 valence electrons. The smallest absolute Gasteiger partial charge is 0.211 e. The average molecular weight is 332 g/mol. The number of carbonyl (C=O) groups is 1. The summed E-state index contributed by atoms with van der Waals surface area (Å²) in [5.74, 6) is 0. The van der Waals surface area contributed by atoms with E-state index in [1.54, 1.807) is 11.3 Å². The summed E-state index contributed by atoms with van der Waals surface area (Å²) in [5.41, 5.74) is 7.50. The molecular weight excluding hydrogens is 316 g/mol. The van der Waals surface area contributed by atoms with Gasteiger partial charge in [0, 0.05) is 11.1 Å². The predicted octanol–water partition coefficient (Wildman–Crippen LogP) is 5.44. The Labute approximate surface area is 144 Å². The van der Waals surface area contributed by atoms with Gasteiger partial charge >= 0.3 is 0 Å². The van der Waals surface area contributed by atoms with Crippen LogP contribution < -0.4 is 5.32 Å². The van der Waals surface area contributed by atoms with E-state index in [0.717, 1.165) is 33.4 Å². The third kappa shape index (κ3) is 2.51. The molecule has 0 aliphatic carbocycles. The number of anilines is 1. The van der Waals surface area contributed by atoms with Crippen molar-refractivity contribution < 1.29 is 4.79 Å². The van der Waals surface area contributed by atoms with Gasteiger partial charge in [0.1, 0.15) is 0 Å². The number of H-pyrrole nitrogens is 1. The topological polar surface area (TPSA) is 44.9 Å². The highest BCUT2D eigenvalue weighted by molar-refractivity contribution is 7.08. The average Bonchev–Trinajstić information content (AvgIpc) is 3.26. The number of carbonyl (C=O) groups excluding carboxylic acids is 1. The van der Waals surface area contributed by atoms with Crippen molar-refractivity contribution in [1.29, 1.82) is 0 Å². The number of aromatic nitrogens is 1. The third-order valence-electron chi connectivity index (χ3n) is 4.20. The van der Waals surface area contributed by atoms with Crippen molar-refractivity contribution in [3.63, 3.8) is 0 Å². The van der Waals surface area contributed by atoms with E-state index in [0.29, 0.717) is 6.41 Å². The molecule has 0 fully saturated rings. The van der Waals surface area contributed by atoms with E-state index < -0.39 is 0 Å². The summed E-state index contributed by atoms with van der Waals surface area (Å²) in [6.07, 6.45) is 0.714. The summed E-state index contributed by atoms with van der Waals surface area (Å²) in [6.45, 7) is 2.08. The second-order valence-electron chi connectivity index (χ2n) is 5.77. The van der Waals surface area contributed by atoms with Crippen molar-refractivity contribution in [3.8, 4) is 22.4 Å². The zero-order valence-corrected chi connectivity index (χ0v) is 14.0. The Hall–Kier alpha value is -2.85. The Morgan fingerprint density at radius 1 is 1.04 bits per heavy atom. The highest BCUT2D eigenvalue weighted by atomic mass is 32.1. The molecule has 2 heterocycles. The van der Waals surface area contributed by atoms with Gasteiger partial charge in [0.2, 0.25) is 6.41 Å². The van der Waals surface area contributed by atoms with Crippen LogP contribution in [0.15, 0.2) is 59.3 Å². The van der Waals surface area contributed by atoms with Crippen LogP contribution in [-0.2, 0) is 4.79 Å². The summed E-state index contributed by atoms with van der Waals surface area (Å²) < 4.78 is 0. The minimum absolute atomic E-state index is 0.714. The Kier molecular flexibility index (Phi) is 3.67. The second kappa shape index (κ2) is 5.98. The van der Waals surface area contributed by atoms with Gasteiger partial charge in [-0.25, -0.2) is 0 Å². The Morgan fingerprint density at radius 2 is 1.88 bits per heavy atom. The molecule has 0 atom stereocenters. The first-order valence-corrected chi connectivity index (χ1v) is 8.66. The maximum atomic E-state index is 10.9. The van der Waals surface area contributed by atoms with Crippen molar-refractivity contribution >= 4 is 34.3 Å². The number of aryl methyl sites for hydroxylation is 1. The molecule has 0 aliphatic heterocycles. The van der Waals surface area contributed by atoms with Gasteiger partial charge in [-0.2, -0.15) is 11.3 Å². The van der Waals surface area contributed by atoms with Crippen LogP contribution in [0, 0.1) is 6.92 Å². The van der Waals surface area contributed by atoms with Crippen LogP contribution in [0.2, 0.25) is 0 Å². The van der Waals surface area contributed by atoms with Crippen molar-refractivity contribution in [3.05, 3.63) is 64.9 Å². The van der Waals surface area contributed by atoms with Gasteiger partial charge in [0.15, 0.2) is 0 Å².